The highest BCUT2D eigenvalue weighted by Gasteiger charge is 2.02. The van der Waals surface area contributed by atoms with Crippen LogP contribution in [0.4, 0.5) is 0 Å². The summed E-state index contributed by atoms with van der Waals surface area (Å²) < 4.78 is 0. The van der Waals surface area contributed by atoms with Gasteiger partial charge in [0.1, 0.15) is 0 Å². The quantitative estimate of drug-likeness (QED) is 0.675. The van der Waals surface area contributed by atoms with E-state index in [-0.39, 0.29) is 5.91 Å². The Morgan fingerprint density at radius 3 is 2.93 bits per heavy atom. The predicted molar refractivity (Wildman–Crippen MR) is 55.8 cm³/mol. The fourth-order valence-electron chi connectivity index (χ4n) is 1.12. The summed E-state index contributed by atoms with van der Waals surface area (Å²) in [6.07, 6.45) is 4.39. The molecule has 0 radical (unpaired) electrons. The van der Waals surface area contributed by atoms with Crippen LogP contribution in [0.3, 0.4) is 0 Å². The van der Waals surface area contributed by atoms with Crippen molar-refractivity contribution in [3.8, 4) is 0 Å². The van der Waals surface area contributed by atoms with E-state index in [4.69, 9.17) is 0 Å². The number of rotatable bonds is 5. The number of aromatic amines is 1. The summed E-state index contributed by atoms with van der Waals surface area (Å²) in [6.45, 7) is 1.53. The molecule has 78 valence electrons. The molecular weight excluding hydrogens is 178 g/mol. The second kappa shape index (κ2) is 5.44. The highest BCUT2D eigenvalue weighted by Crippen LogP contribution is 1.95. The number of carbonyl (C=O) groups is 1. The van der Waals surface area contributed by atoms with Crippen molar-refractivity contribution >= 4 is 5.91 Å². The smallest absolute Gasteiger partial charge is 0.223 e. The molecule has 0 aliphatic heterocycles. The normalized spacial score (nSPS) is 10.1. The third-order valence-corrected chi connectivity index (χ3v) is 2.01. The van der Waals surface area contributed by atoms with E-state index in [0.29, 0.717) is 6.42 Å². The number of aromatic nitrogens is 1. The molecule has 0 fully saturated rings. The molecule has 4 heteroatoms. The Bertz CT molecular complexity index is 267. The lowest BCUT2D eigenvalue weighted by atomic mass is 10.3. The molecule has 2 N–H and O–H groups in total. The van der Waals surface area contributed by atoms with E-state index in [1.807, 2.05) is 18.5 Å². The highest BCUT2D eigenvalue weighted by atomic mass is 16.2. The molecule has 0 aliphatic rings. The van der Waals surface area contributed by atoms with E-state index in [2.05, 4.69) is 10.3 Å². The summed E-state index contributed by atoms with van der Waals surface area (Å²) in [7, 11) is 3.54. The van der Waals surface area contributed by atoms with Gasteiger partial charge in [-0.1, -0.05) is 0 Å². The van der Waals surface area contributed by atoms with Crippen molar-refractivity contribution in [2.75, 3.05) is 20.6 Å². The average molecular weight is 195 g/mol. The van der Waals surface area contributed by atoms with Gasteiger partial charge in [0.25, 0.3) is 0 Å². The van der Waals surface area contributed by atoms with E-state index in [1.54, 1.807) is 19.0 Å². The van der Waals surface area contributed by atoms with Crippen molar-refractivity contribution < 1.29 is 4.79 Å². The van der Waals surface area contributed by atoms with Crippen LogP contribution in [0.25, 0.3) is 0 Å². The third-order valence-electron chi connectivity index (χ3n) is 2.01. The topological polar surface area (TPSA) is 48.1 Å². The Hall–Kier alpha value is -1.29. The van der Waals surface area contributed by atoms with Crippen LogP contribution in [0.15, 0.2) is 18.5 Å². The zero-order valence-electron chi connectivity index (χ0n) is 8.71. The van der Waals surface area contributed by atoms with Gasteiger partial charge >= 0.3 is 0 Å². The third kappa shape index (κ3) is 3.62. The lowest BCUT2D eigenvalue weighted by molar-refractivity contribution is -0.128. The van der Waals surface area contributed by atoms with Crippen LogP contribution in [0.1, 0.15) is 12.0 Å². The van der Waals surface area contributed by atoms with Crippen LogP contribution in [-0.2, 0) is 11.3 Å². The zero-order chi connectivity index (χ0) is 10.4. The second-order valence-corrected chi connectivity index (χ2v) is 3.43. The van der Waals surface area contributed by atoms with Crippen molar-refractivity contribution in [1.29, 1.82) is 0 Å². The molecule has 4 nitrogen and oxygen atoms in total. The minimum atomic E-state index is 0.159. The van der Waals surface area contributed by atoms with Gasteiger partial charge in [0, 0.05) is 46.0 Å². The van der Waals surface area contributed by atoms with E-state index in [1.165, 1.54) is 5.56 Å². The van der Waals surface area contributed by atoms with Gasteiger partial charge in [0.05, 0.1) is 0 Å². The molecular formula is C10H17N3O. The summed E-state index contributed by atoms with van der Waals surface area (Å²) >= 11 is 0. The molecule has 1 aromatic heterocycles. The Kier molecular flexibility index (Phi) is 4.19. The molecule has 1 aromatic rings. The van der Waals surface area contributed by atoms with Crippen LogP contribution in [-0.4, -0.2) is 36.4 Å². The molecule has 1 amide bonds. The minimum Gasteiger partial charge on any atom is -0.367 e. The maximum Gasteiger partial charge on any atom is 0.223 e. The van der Waals surface area contributed by atoms with E-state index >= 15 is 0 Å². The van der Waals surface area contributed by atoms with Crippen molar-refractivity contribution in [2.24, 2.45) is 0 Å². The minimum absolute atomic E-state index is 0.159. The van der Waals surface area contributed by atoms with Gasteiger partial charge < -0.3 is 15.2 Å². The van der Waals surface area contributed by atoms with Gasteiger partial charge in [0.15, 0.2) is 0 Å². The first-order valence-electron chi connectivity index (χ1n) is 4.72. The van der Waals surface area contributed by atoms with E-state index < -0.39 is 0 Å². The van der Waals surface area contributed by atoms with Gasteiger partial charge in [0.2, 0.25) is 5.91 Å². The van der Waals surface area contributed by atoms with Crippen molar-refractivity contribution in [2.45, 2.75) is 13.0 Å². The molecule has 0 bridgehead atoms. The highest BCUT2D eigenvalue weighted by molar-refractivity contribution is 5.75. The monoisotopic (exact) mass is 195 g/mol. The summed E-state index contributed by atoms with van der Waals surface area (Å²) in [5, 5.41) is 3.21. The first kappa shape index (κ1) is 10.8. The van der Waals surface area contributed by atoms with Gasteiger partial charge in [-0.2, -0.15) is 0 Å². The largest absolute Gasteiger partial charge is 0.367 e. The molecule has 1 rings (SSSR count). The van der Waals surface area contributed by atoms with Crippen LogP contribution in [0.5, 0.6) is 0 Å². The standard InChI is InChI=1S/C10H17N3O/c1-13(2)10(14)4-6-12-8-9-3-5-11-7-9/h3,5,7,11-12H,4,6,8H2,1-2H3. The Labute approximate surface area is 84.3 Å². The number of H-pyrrole nitrogens is 1. The second-order valence-electron chi connectivity index (χ2n) is 3.43. The van der Waals surface area contributed by atoms with Gasteiger partial charge in [-0.25, -0.2) is 0 Å². The number of hydrogen-bond donors (Lipinski definition) is 2. The zero-order valence-corrected chi connectivity index (χ0v) is 8.71. The lowest BCUT2D eigenvalue weighted by Gasteiger charge is -2.09. The van der Waals surface area contributed by atoms with Crippen LogP contribution >= 0.6 is 0 Å². The fourth-order valence-corrected chi connectivity index (χ4v) is 1.12. The first-order valence-corrected chi connectivity index (χ1v) is 4.72. The fraction of sp³-hybridized carbons (Fsp3) is 0.500. The molecule has 0 atom stereocenters. The Balaban J connectivity index is 2.08. The summed E-state index contributed by atoms with van der Waals surface area (Å²) in [5.74, 6) is 0.159. The SMILES string of the molecule is CN(C)C(=O)CCNCc1cc[nH]c1. The summed E-state index contributed by atoms with van der Waals surface area (Å²) in [4.78, 5) is 15.8. The van der Waals surface area contributed by atoms with Gasteiger partial charge in [-0.05, 0) is 11.6 Å². The maximum absolute atomic E-state index is 11.2. The van der Waals surface area contributed by atoms with Crippen LogP contribution < -0.4 is 5.32 Å². The van der Waals surface area contributed by atoms with Gasteiger partial charge in [-0.15, -0.1) is 0 Å². The number of hydrogen-bond acceptors (Lipinski definition) is 2. The summed E-state index contributed by atoms with van der Waals surface area (Å²) in [6, 6.07) is 2.01. The molecule has 0 aromatic carbocycles. The average Bonchev–Trinajstić information content (AvgIpc) is 2.64. The number of nitrogens with zero attached hydrogens (tertiary/aromatic N) is 1. The number of amides is 1. The Morgan fingerprint density at radius 1 is 1.57 bits per heavy atom. The van der Waals surface area contributed by atoms with Crippen molar-refractivity contribution in [3.63, 3.8) is 0 Å². The molecule has 0 unspecified atom stereocenters. The first-order chi connectivity index (χ1) is 6.70. The number of carbonyl (C=O) groups excluding carboxylic acids is 1. The van der Waals surface area contributed by atoms with Crippen molar-refractivity contribution in [1.82, 2.24) is 15.2 Å². The van der Waals surface area contributed by atoms with E-state index in [0.717, 1.165) is 13.1 Å². The molecule has 1 heterocycles. The molecule has 0 aliphatic carbocycles. The molecule has 0 spiro atoms. The number of nitrogens with one attached hydrogen (secondary N) is 2. The molecule has 0 saturated carbocycles. The predicted octanol–water partition coefficient (Wildman–Crippen LogP) is 0.583. The van der Waals surface area contributed by atoms with Crippen LogP contribution in [0, 0.1) is 0 Å². The molecule has 14 heavy (non-hydrogen) atoms. The summed E-state index contributed by atoms with van der Waals surface area (Å²) in [5.41, 5.74) is 1.21. The Morgan fingerprint density at radius 2 is 2.36 bits per heavy atom. The van der Waals surface area contributed by atoms with Gasteiger partial charge in [-0.3, -0.25) is 4.79 Å². The maximum atomic E-state index is 11.2. The van der Waals surface area contributed by atoms with Crippen molar-refractivity contribution in [3.05, 3.63) is 24.0 Å². The molecule has 0 saturated heterocycles. The van der Waals surface area contributed by atoms with E-state index in [9.17, 15) is 4.79 Å². The van der Waals surface area contributed by atoms with Crippen LogP contribution in [0.2, 0.25) is 0 Å². The lowest BCUT2D eigenvalue weighted by Crippen LogP contribution is -2.26.